The fraction of sp³-hybridized carbons (Fsp3) is 0.680. The standard InChI is InChI=1S/C25H33F2N3O3/c1-24(12-10-21(31)28-23(24)32)30-14-15-33-22-19(4-2-5-20(22)30)17-6-8-18(9-7-17)29-13-3-11-25(26,27)16-29/h2,4-5,17-18H,3,6-16H2,1H3,(H,28,31,32)/t17?,18?,24-/m0/s1. The first-order chi connectivity index (χ1) is 15.8. The number of piperidine rings is 2. The van der Waals surface area contributed by atoms with Crippen molar-refractivity contribution < 1.29 is 23.1 Å². The van der Waals surface area contributed by atoms with Crippen LogP contribution in [-0.4, -0.2) is 60.5 Å². The number of alkyl halides is 2. The Morgan fingerprint density at radius 3 is 2.61 bits per heavy atom. The number of halogens is 2. The van der Waals surface area contributed by atoms with Gasteiger partial charge in [0.2, 0.25) is 5.91 Å². The molecule has 4 aliphatic rings. The average molecular weight is 462 g/mol. The molecule has 1 N–H and O–H groups in total. The van der Waals surface area contributed by atoms with Crippen molar-refractivity contribution in [2.24, 2.45) is 0 Å². The minimum absolute atomic E-state index is 0.00788. The summed E-state index contributed by atoms with van der Waals surface area (Å²) >= 11 is 0. The van der Waals surface area contributed by atoms with E-state index < -0.39 is 11.5 Å². The maximum atomic E-state index is 13.9. The molecule has 2 saturated heterocycles. The van der Waals surface area contributed by atoms with Crippen LogP contribution in [-0.2, 0) is 9.59 Å². The van der Waals surface area contributed by atoms with E-state index in [1.807, 2.05) is 24.0 Å². The Morgan fingerprint density at radius 1 is 1.09 bits per heavy atom. The van der Waals surface area contributed by atoms with Gasteiger partial charge in [-0.3, -0.25) is 19.8 Å². The minimum atomic E-state index is -2.56. The number of hydrogen-bond donors (Lipinski definition) is 1. The average Bonchev–Trinajstić information content (AvgIpc) is 2.80. The Balaban J connectivity index is 1.33. The van der Waals surface area contributed by atoms with Gasteiger partial charge in [0.25, 0.3) is 11.8 Å². The Kier molecular flexibility index (Phi) is 5.83. The second-order valence-corrected chi connectivity index (χ2v) is 10.3. The summed E-state index contributed by atoms with van der Waals surface area (Å²) in [5.74, 6) is -1.88. The molecule has 33 heavy (non-hydrogen) atoms. The van der Waals surface area contributed by atoms with Crippen LogP contribution in [0, 0.1) is 0 Å². The zero-order valence-electron chi connectivity index (χ0n) is 19.2. The predicted octanol–water partition coefficient (Wildman–Crippen LogP) is 3.84. The van der Waals surface area contributed by atoms with Gasteiger partial charge in [-0.1, -0.05) is 12.1 Å². The Bertz CT molecular complexity index is 931. The number of imide groups is 1. The number of hydrogen-bond acceptors (Lipinski definition) is 5. The Hall–Kier alpha value is -2.22. The monoisotopic (exact) mass is 461 g/mol. The molecule has 1 aliphatic carbocycles. The highest BCUT2D eigenvalue weighted by atomic mass is 19.3. The zero-order chi connectivity index (χ0) is 23.2. The van der Waals surface area contributed by atoms with Crippen LogP contribution >= 0.6 is 0 Å². The molecule has 3 aliphatic heterocycles. The van der Waals surface area contributed by atoms with Crippen molar-refractivity contribution in [2.45, 2.75) is 81.7 Å². The van der Waals surface area contributed by atoms with Crippen molar-refractivity contribution in [3.8, 4) is 5.75 Å². The molecular weight excluding hydrogens is 428 g/mol. The van der Waals surface area contributed by atoms with Gasteiger partial charge in [0.1, 0.15) is 17.9 Å². The molecule has 180 valence electrons. The van der Waals surface area contributed by atoms with E-state index in [-0.39, 0.29) is 30.8 Å². The Morgan fingerprint density at radius 2 is 1.88 bits per heavy atom. The number of nitrogens with one attached hydrogen (secondary N) is 1. The summed E-state index contributed by atoms with van der Waals surface area (Å²) in [6, 6.07) is 6.35. The van der Waals surface area contributed by atoms with Gasteiger partial charge < -0.3 is 9.64 Å². The van der Waals surface area contributed by atoms with Gasteiger partial charge >= 0.3 is 0 Å². The van der Waals surface area contributed by atoms with E-state index in [0.717, 1.165) is 49.2 Å². The lowest BCUT2D eigenvalue weighted by molar-refractivity contribution is -0.137. The van der Waals surface area contributed by atoms with Crippen molar-refractivity contribution in [2.75, 3.05) is 31.1 Å². The molecule has 0 aromatic heterocycles. The van der Waals surface area contributed by atoms with E-state index >= 15 is 0 Å². The third-order valence-electron chi connectivity index (χ3n) is 8.13. The van der Waals surface area contributed by atoms with Crippen molar-refractivity contribution in [3.05, 3.63) is 23.8 Å². The number of amides is 2. The SMILES string of the molecule is C[C@]1(N2CCOc3c(C4CCC(N5CCCC(F)(F)C5)CC4)cccc32)CCC(=O)NC1=O. The third kappa shape index (κ3) is 4.22. The van der Waals surface area contributed by atoms with Gasteiger partial charge in [-0.05, 0) is 69.5 Å². The number of anilines is 1. The minimum Gasteiger partial charge on any atom is -0.489 e. The van der Waals surface area contributed by atoms with Crippen LogP contribution in [0.4, 0.5) is 14.5 Å². The van der Waals surface area contributed by atoms with E-state index in [1.165, 1.54) is 0 Å². The first kappa shape index (κ1) is 22.6. The number of fused-ring (bicyclic) bond motifs is 1. The molecule has 3 fully saturated rings. The Labute approximate surface area is 193 Å². The molecular formula is C25H33F2N3O3. The maximum Gasteiger partial charge on any atom is 0.260 e. The number of carbonyl (C=O) groups excluding carboxylic acids is 2. The number of rotatable bonds is 3. The molecule has 1 aromatic carbocycles. The quantitative estimate of drug-likeness (QED) is 0.693. The fourth-order valence-electron chi connectivity index (χ4n) is 6.22. The highest BCUT2D eigenvalue weighted by Gasteiger charge is 2.46. The van der Waals surface area contributed by atoms with Crippen LogP contribution in [0.15, 0.2) is 18.2 Å². The van der Waals surface area contributed by atoms with E-state index in [4.69, 9.17) is 4.74 Å². The fourth-order valence-corrected chi connectivity index (χ4v) is 6.22. The molecule has 1 aromatic rings. The van der Waals surface area contributed by atoms with Crippen LogP contribution in [0.1, 0.15) is 69.8 Å². The van der Waals surface area contributed by atoms with Crippen molar-refractivity contribution >= 4 is 17.5 Å². The number of nitrogens with zero attached hydrogens (tertiary/aromatic N) is 2. The molecule has 3 heterocycles. The number of ether oxygens (including phenoxy) is 1. The van der Waals surface area contributed by atoms with Crippen LogP contribution in [0.3, 0.4) is 0 Å². The molecule has 0 unspecified atom stereocenters. The second kappa shape index (κ2) is 8.53. The largest absolute Gasteiger partial charge is 0.489 e. The summed E-state index contributed by atoms with van der Waals surface area (Å²) in [4.78, 5) is 28.6. The van der Waals surface area contributed by atoms with Crippen molar-refractivity contribution in [1.82, 2.24) is 10.2 Å². The highest BCUT2D eigenvalue weighted by molar-refractivity contribution is 6.04. The summed E-state index contributed by atoms with van der Waals surface area (Å²) in [7, 11) is 0. The molecule has 5 rings (SSSR count). The van der Waals surface area contributed by atoms with Crippen LogP contribution in [0.5, 0.6) is 5.75 Å². The lowest BCUT2D eigenvalue weighted by Crippen LogP contribution is -2.63. The first-order valence-corrected chi connectivity index (χ1v) is 12.3. The summed E-state index contributed by atoms with van der Waals surface area (Å²) in [6.45, 7) is 3.64. The summed E-state index contributed by atoms with van der Waals surface area (Å²) < 4.78 is 34.0. The number of benzene rings is 1. The van der Waals surface area contributed by atoms with E-state index in [0.29, 0.717) is 38.3 Å². The van der Waals surface area contributed by atoms with Crippen LogP contribution in [0.2, 0.25) is 0 Å². The summed E-state index contributed by atoms with van der Waals surface area (Å²) in [6.07, 6.45) is 5.10. The van der Waals surface area contributed by atoms with Crippen LogP contribution in [0.25, 0.3) is 0 Å². The lowest BCUT2D eigenvalue weighted by atomic mass is 9.79. The lowest BCUT2D eigenvalue weighted by Gasteiger charge is -2.46. The molecule has 1 atom stereocenters. The topological polar surface area (TPSA) is 61.9 Å². The summed E-state index contributed by atoms with van der Waals surface area (Å²) in [5.41, 5.74) is 1.27. The second-order valence-electron chi connectivity index (χ2n) is 10.3. The maximum absolute atomic E-state index is 13.9. The van der Waals surface area contributed by atoms with Crippen LogP contribution < -0.4 is 15.0 Å². The number of para-hydroxylation sites is 1. The number of carbonyl (C=O) groups is 2. The number of likely N-dealkylation sites (tertiary alicyclic amines) is 1. The van der Waals surface area contributed by atoms with E-state index in [2.05, 4.69) is 16.3 Å². The summed E-state index contributed by atoms with van der Waals surface area (Å²) in [5, 5.41) is 2.50. The molecule has 1 saturated carbocycles. The van der Waals surface area contributed by atoms with Gasteiger partial charge in [0, 0.05) is 18.9 Å². The molecule has 8 heteroatoms. The van der Waals surface area contributed by atoms with Gasteiger partial charge in [-0.25, -0.2) is 8.78 Å². The van der Waals surface area contributed by atoms with E-state index in [9.17, 15) is 18.4 Å². The highest BCUT2D eigenvalue weighted by Crippen LogP contribution is 2.46. The van der Waals surface area contributed by atoms with E-state index in [1.54, 1.807) is 0 Å². The molecule has 0 bridgehead atoms. The molecule has 0 spiro atoms. The van der Waals surface area contributed by atoms with Crippen molar-refractivity contribution in [3.63, 3.8) is 0 Å². The smallest absolute Gasteiger partial charge is 0.260 e. The van der Waals surface area contributed by atoms with Gasteiger partial charge in [0.05, 0.1) is 18.8 Å². The molecule has 0 radical (unpaired) electrons. The molecule has 2 amide bonds. The zero-order valence-corrected chi connectivity index (χ0v) is 19.2. The van der Waals surface area contributed by atoms with Gasteiger partial charge in [-0.15, -0.1) is 0 Å². The third-order valence-corrected chi connectivity index (χ3v) is 8.13. The van der Waals surface area contributed by atoms with Gasteiger partial charge in [-0.2, -0.15) is 0 Å². The first-order valence-electron chi connectivity index (χ1n) is 12.3. The normalized spacial score (nSPS) is 32.6. The van der Waals surface area contributed by atoms with Gasteiger partial charge in [0.15, 0.2) is 0 Å². The molecule has 6 nitrogen and oxygen atoms in total. The van der Waals surface area contributed by atoms with Crippen molar-refractivity contribution in [1.29, 1.82) is 0 Å². The predicted molar refractivity (Wildman–Crippen MR) is 121 cm³/mol.